The second kappa shape index (κ2) is 4.94. The molecule has 102 valence electrons. The maximum atomic E-state index is 11.0. The summed E-state index contributed by atoms with van der Waals surface area (Å²) in [6, 6.07) is 6.24. The fourth-order valence-electron chi connectivity index (χ4n) is 2.21. The van der Waals surface area contributed by atoms with E-state index in [2.05, 4.69) is 0 Å². The molecule has 0 radical (unpaired) electrons. The first-order chi connectivity index (χ1) is 8.90. The number of likely N-dealkylation sites (tertiary alicyclic amines) is 1. The van der Waals surface area contributed by atoms with Crippen LogP contribution >= 0.6 is 0 Å². The minimum absolute atomic E-state index is 0.0453. The van der Waals surface area contributed by atoms with Crippen molar-refractivity contribution in [2.45, 2.75) is 18.5 Å². The third kappa shape index (κ3) is 2.88. The van der Waals surface area contributed by atoms with E-state index in [0.717, 1.165) is 5.56 Å². The number of carbonyl (C=O) groups is 1. The number of nitrogens with zero attached hydrogens (tertiary/aromatic N) is 2. The fourth-order valence-corrected chi connectivity index (χ4v) is 2.21. The number of nitro benzene ring substituents is 1. The molecule has 1 atom stereocenters. The molecule has 7 nitrogen and oxygen atoms in total. The number of aliphatic carboxylic acids is 1. The monoisotopic (exact) mass is 265 g/mol. The first-order valence-corrected chi connectivity index (χ1v) is 5.89. The molecule has 0 spiro atoms. The topological polar surface area (TPSA) is 110 Å². The molecule has 1 aromatic rings. The van der Waals surface area contributed by atoms with Crippen molar-refractivity contribution in [3.8, 4) is 0 Å². The minimum atomic E-state index is -1.18. The van der Waals surface area contributed by atoms with Gasteiger partial charge in [-0.05, 0) is 12.0 Å². The van der Waals surface area contributed by atoms with Crippen LogP contribution in [0.3, 0.4) is 0 Å². The Hall–Kier alpha value is -1.99. The highest BCUT2D eigenvalue weighted by molar-refractivity contribution is 5.79. The van der Waals surface area contributed by atoms with Gasteiger partial charge in [0.15, 0.2) is 0 Å². The highest BCUT2D eigenvalue weighted by Gasteiger charge is 2.40. The summed E-state index contributed by atoms with van der Waals surface area (Å²) in [4.78, 5) is 23.0. The molecule has 0 saturated carbocycles. The van der Waals surface area contributed by atoms with Crippen LogP contribution in [0.5, 0.6) is 0 Å². The van der Waals surface area contributed by atoms with Crippen LogP contribution in [-0.2, 0) is 11.3 Å². The van der Waals surface area contributed by atoms with Crippen molar-refractivity contribution in [3.05, 3.63) is 39.9 Å². The van der Waals surface area contributed by atoms with Crippen molar-refractivity contribution in [1.29, 1.82) is 0 Å². The van der Waals surface area contributed by atoms with Gasteiger partial charge in [-0.1, -0.05) is 12.1 Å². The SMILES string of the molecule is NC1(C(=O)O)CCN(Cc2ccc([N+](=O)[O-])cc2)C1. The first kappa shape index (κ1) is 13.4. The van der Waals surface area contributed by atoms with Crippen molar-refractivity contribution in [1.82, 2.24) is 4.90 Å². The zero-order chi connectivity index (χ0) is 14.0. The summed E-state index contributed by atoms with van der Waals surface area (Å²) >= 11 is 0. The zero-order valence-electron chi connectivity index (χ0n) is 10.3. The molecule has 1 heterocycles. The van der Waals surface area contributed by atoms with Crippen LogP contribution in [-0.4, -0.2) is 39.5 Å². The number of nitro groups is 1. The van der Waals surface area contributed by atoms with E-state index in [9.17, 15) is 14.9 Å². The summed E-state index contributed by atoms with van der Waals surface area (Å²) in [5.41, 5.74) is 5.55. The summed E-state index contributed by atoms with van der Waals surface area (Å²) in [5.74, 6) is -0.987. The van der Waals surface area contributed by atoms with Crippen molar-refractivity contribution in [2.24, 2.45) is 5.73 Å². The molecule has 1 aliphatic heterocycles. The van der Waals surface area contributed by atoms with Crippen LogP contribution in [0.25, 0.3) is 0 Å². The Bertz CT molecular complexity index is 502. The Balaban J connectivity index is 1.99. The molecular weight excluding hydrogens is 250 g/mol. The standard InChI is InChI=1S/C12H15N3O4/c13-12(11(16)17)5-6-14(8-12)7-9-1-3-10(4-2-9)15(18)19/h1-4H,5-8,13H2,(H,16,17). The summed E-state index contributed by atoms with van der Waals surface area (Å²) in [7, 11) is 0. The molecule has 7 heteroatoms. The number of hydrogen-bond acceptors (Lipinski definition) is 5. The summed E-state index contributed by atoms with van der Waals surface area (Å²) < 4.78 is 0. The molecule has 0 amide bonds. The molecule has 19 heavy (non-hydrogen) atoms. The Labute approximate surface area is 109 Å². The number of carboxylic acids is 1. The lowest BCUT2D eigenvalue weighted by atomic mass is 10.0. The third-order valence-corrected chi connectivity index (χ3v) is 3.36. The predicted molar refractivity (Wildman–Crippen MR) is 67.5 cm³/mol. The molecule has 1 aliphatic rings. The number of rotatable bonds is 4. The Morgan fingerprint density at radius 3 is 2.58 bits per heavy atom. The molecule has 0 aliphatic carbocycles. The van der Waals surface area contributed by atoms with Crippen LogP contribution in [0.1, 0.15) is 12.0 Å². The zero-order valence-corrected chi connectivity index (χ0v) is 10.3. The maximum absolute atomic E-state index is 11.0. The smallest absolute Gasteiger partial charge is 0.325 e. The van der Waals surface area contributed by atoms with E-state index in [-0.39, 0.29) is 5.69 Å². The van der Waals surface area contributed by atoms with E-state index in [1.807, 2.05) is 4.90 Å². The lowest BCUT2D eigenvalue weighted by molar-refractivity contribution is -0.384. The van der Waals surface area contributed by atoms with Crippen LogP contribution < -0.4 is 5.73 Å². The number of carboxylic acid groups (broad SMARTS) is 1. The van der Waals surface area contributed by atoms with Gasteiger partial charge >= 0.3 is 5.97 Å². The van der Waals surface area contributed by atoms with Gasteiger partial charge in [-0.25, -0.2) is 0 Å². The van der Waals surface area contributed by atoms with E-state index in [0.29, 0.717) is 26.1 Å². The first-order valence-electron chi connectivity index (χ1n) is 5.89. The van der Waals surface area contributed by atoms with Crippen LogP contribution in [0, 0.1) is 10.1 Å². The molecule has 1 unspecified atom stereocenters. The average molecular weight is 265 g/mol. The van der Waals surface area contributed by atoms with Gasteiger partial charge in [-0.15, -0.1) is 0 Å². The van der Waals surface area contributed by atoms with Gasteiger partial charge in [0, 0.05) is 31.8 Å². The fraction of sp³-hybridized carbons (Fsp3) is 0.417. The summed E-state index contributed by atoms with van der Waals surface area (Å²) in [5, 5.41) is 19.6. The second-order valence-electron chi connectivity index (χ2n) is 4.85. The van der Waals surface area contributed by atoms with Crippen LogP contribution in [0.15, 0.2) is 24.3 Å². The van der Waals surface area contributed by atoms with E-state index >= 15 is 0 Å². The molecule has 3 N–H and O–H groups in total. The van der Waals surface area contributed by atoms with Gasteiger partial charge in [0.05, 0.1) is 4.92 Å². The molecule has 2 rings (SSSR count). The largest absolute Gasteiger partial charge is 0.480 e. The summed E-state index contributed by atoms with van der Waals surface area (Å²) in [6.07, 6.45) is 0.412. The lowest BCUT2D eigenvalue weighted by Gasteiger charge is -2.19. The van der Waals surface area contributed by atoms with Gasteiger partial charge in [-0.2, -0.15) is 0 Å². The van der Waals surface area contributed by atoms with Crippen LogP contribution in [0.2, 0.25) is 0 Å². The number of nitrogens with two attached hydrogens (primary N) is 1. The maximum Gasteiger partial charge on any atom is 0.325 e. The van der Waals surface area contributed by atoms with Gasteiger partial charge in [0.2, 0.25) is 0 Å². The van der Waals surface area contributed by atoms with Gasteiger partial charge in [0.1, 0.15) is 5.54 Å². The minimum Gasteiger partial charge on any atom is -0.480 e. The van der Waals surface area contributed by atoms with E-state index < -0.39 is 16.4 Å². The highest BCUT2D eigenvalue weighted by atomic mass is 16.6. The van der Waals surface area contributed by atoms with Crippen molar-refractivity contribution >= 4 is 11.7 Å². The third-order valence-electron chi connectivity index (χ3n) is 3.36. The quantitative estimate of drug-likeness (QED) is 0.608. The van der Waals surface area contributed by atoms with E-state index in [1.54, 1.807) is 12.1 Å². The highest BCUT2D eigenvalue weighted by Crippen LogP contribution is 2.21. The van der Waals surface area contributed by atoms with Crippen LogP contribution in [0.4, 0.5) is 5.69 Å². The molecule has 1 fully saturated rings. The Kier molecular flexibility index (Phi) is 3.50. The molecule has 0 aromatic heterocycles. The van der Waals surface area contributed by atoms with Crippen molar-refractivity contribution < 1.29 is 14.8 Å². The number of hydrogen-bond donors (Lipinski definition) is 2. The molecular formula is C12H15N3O4. The average Bonchev–Trinajstić information content (AvgIpc) is 2.73. The van der Waals surface area contributed by atoms with Gasteiger partial charge in [-0.3, -0.25) is 19.8 Å². The molecule has 0 bridgehead atoms. The normalized spacial score (nSPS) is 23.4. The number of non-ortho nitro benzene ring substituents is 1. The van der Waals surface area contributed by atoms with Gasteiger partial charge < -0.3 is 10.8 Å². The van der Waals surface area contributed by atoms with Gasteiger partial charge in [0.25, 0.3) is 5.69 Å². The summed E-state index contributed by atoms with van der Waals surface area (Å²) in [6.45, 7) is 1.45. The predicted octanol–water partition coefficient (Wildman–Crippen LogP) is 0.583. The Morgan fingerprint density at radius 2 is 2.11 bits per heavy atom. The Morgan fingerprint density at radius 1 is 1.47 bits per heavy atom. The van der Waals surface area contributed by atoms with E-state index in [1.165, 1.54) is 12.1 Å². The van der Waals surface area contributed by atoms with E-state index in [4.69, 9.17) is 10.8 Å². The molecule has 1 saturated heterocycles. The molecule has 1 aromatic carbocycles. The van der Waals surface area contributed by atoms with Crippen molar-refractivity contribution in [2.75, 3.05) is 13.1 Å². The lowest BCUT2D eigenvalue weighted by Crippen LogP contribution is -2.50. The van der Waals surface area contributed by atoms with Crippen molar-refractivity contribution in [3.63, 3.8) is 0 Å². The second-order valence-corrected chi connectivity index (χ2v) is 4.85. The number of benzene rings is 1.